The molecule has 1 aromatic heterocycles. The average Bonchev–Trinajstić information content (AvgIpc) is 2.52. The molecule has 0 fully saturated rings. The average molecular weight is 207 g/mol. The Morgan fingerprint density at radius 3 is 2.79 bits per heavy atom. The fourth-order valence-electron chi connectivity index (χ4n) is 0.896. The molecule has 1 heterocycles. The van der Waals surface area contributed by atoms with Crippen molar-refractivity contribution in [1.82, 2.24) is 15.3 Å². The van der Waals surface area contributed by atoms with Gasteiger partial charge in [0.2, 0.25) is 12.2 Å². The van der Waals surface area contributed by atoms with Crippen LogP contribution in [-0.4, -0.2) is 22.9 Å². The quantitative estimate of drug-likeness (QED) is 0.564. The van der Waals surface area contributed by atoms with Gasteiger partial charge in [0, 0.05) is 24.9 Å². The minimum Gasteiger partial charge on any atom is -0.358 e. The molecule has 0 atom stereocenters. The molecular weight excluding hydrogens is 199 g/mol. The number of alkyl halides is 3. The summed E-state index contributed by atoms with van der Waals surface area (Å²) in [5, 5.41) is 2.34. The summed E-state index contributed by atoms with van der Waals surface area (Å²) in [5.41, 5.74) is 0.340. The van der Waals surface area contributed by atoms with E-state index in [2.05, 4.69) is 15.3 Å². The zero-order valence-corrected chi connectivity index (χ0v) is 7.06. The third kappa shape index (κ3) is 2.75. The van der Waals surface area contributed by atoms with Gasteiger partial charge in [-0.15, -0.1) is 0 Å². The maximum absolute atomic E-state index is 12.0. The Kier molecular flexibility index (Phi) is 3.10. The van der Waals surface area contributed by atoms with E-state index in [4.69, 9.17) is 0 Å². The molecule has 0 saturated carbocycles. The molecule has 0 bridgehead atoms. The van der Waals surface area contributed by atoms with Gasteiger partial charge in [0.1, 0.15) is 0 Å². The maximum atomic E-state index is 12.0. The number of H-pyrrole nitrogens is 1. The number of rotatable bonds is 4. The van der Waals surface area contributed by atoms with E-state index in [1.54, 1.807) is 0 Å². The molecule has 7 heteroatoms. The minimum atomic E-state index is -4.45. The van der Waals surface area contributed by atoms with Crippen LogP contribution in [-0.2, 0) is 17.4 Å². The number of hydrogen-bond acceptors (Lipinski definition) is 2. The minimum absolute atomic E-state index is 0.281. The van der Waals surface area contributed by atoms with Crippen LogP contribution in [0.15, 0.2) is 6.20 Å². The highest BCUT2D eigenvalue weighted by Crippen LogP contribution is 2.26. The summed E-state index contributed by atoms with van der Waals surface area (Å²) in [6.07, 6.45) is -2.56. The summed E-state index contributed by atoms with van der Waals surface area (Å²) in [5.74, 6) is -1.02. The second-order valence-corrected chi connectivity index (χ2v) is 2.58. The number of imidazole rings is 1. The SMILES string of the molecule is O=CNCCc1cnc(C(F)(F)F)[nH]1. The highest BCUT2D eigenvalue weighted by atomic mass is 19.4. The number of carbonyl (C=O) groups is 1. The Hall–Kier alpha value is -1.53. The Morgan fingerprint density at radius 1 is 1.57 bits per heavy atom. The van der Waals surface area contributed by atoms with E-state index in [-0.39, 0.29) is 6.54 Å². The number of halogens is 3. The molecule has 0 aromatic carbocycles. The molecule has 4 nitrogen and oxygen atoms in total. The van der Waals surface area contributed by atoms with Gasteiger partial charge in [0.15, 0.2) is 0 Å². The van der Waals surface area contributed by atoms with E-state index in [1.807, 2.05) is 0 Å². The van der Waals surface area contributed by atoms with Gasteiger partial charge in [0.25, 0.3) is 0 Å². The lowest BCUT2D eigenvalue weighted by Crippen LogP contribution is -2.14. The third-order valence-corrected chi connectivity index (χ3v) is 1.52. The number of nitrogens with one attached hydrogen (secondary N) is 2. The molecule has 1 rings (SSSR count). The van der Waals surface area contributed by atoms with Crippen LogP contribution in [0, 0.1) is 0 Å². The normalized spacial score (nSPS) is 11.4. The number of amides is 1. The highest BCUT2D eigenvalue weighted by Gasteiger charge is 2.34. The van der Waals surface area contributed by atoms with E-state index in [1.165, 1.54) is 0 Å². The van der Waals surface area contributed by atoms with Gasteiger partial charge >= 0.3 is 6.18 Å². The second-order valence-electron chi connectivity index (χ2n) is 2.58. The third-order valence-electron chi connectivity index (χ3n) is 1.52. The molecule has 14 heavy (non-hydrogen) atoms. The van der Waals surface area contributed by atoms with Crippen LogP contribution >= 0.6 is 0 Å². The van der Waals surface area contributed by atoms with Gasteiger partial charge in [-0.05, 0) is 0 Å². The largest absolute Gasteiger partial charge is 0.449 e. The highest BCUT2D eigenvalue weighted by molar-refractivity contribution is 5.45. The summed E-state index contributed by atoms with van der Waals surface area (Å²) in [6, 6.07) is 0. The molecule has 2 N–H and O–H groups in total. The molecule has 0 saturated heterocycles. The summed E-state index contributed by atoms with van der Waals surface area (Å²) >= 11 is 0. The van der Waals surface area contributed by atoms with E-state index in [0.29, 0.717) is 18.5 Å². The van der Waals surface area contributed by atoms with Crippen LogP contribution in [0.4, 0.5) is 13.2 Å². The first-order chi connectivity index (χ1) is 6.54. The van der Waals surface area contributed by atoms with E-state index < -0.39 is 12.0 Å². The van der Waals surface area contributed by atoms with Crippen molar-refractivity contribution in [3.8, 4) is 0 Å². The van der Waals surface area contributed by atoms with Crippen LogP contribution in [0.25, 0.3) is 0 Å². The van der Waals surface area contributed by atoms with Crippen molar-refractivity contribution in [2.24, 2.45) is 0 Å². The molecule has 1 amide bonds. The lowest BCUT2D eigenvalue weighted by molar-refractivity contribution is -0.144. The number of aromatic nitrogens is 2. The fraction of sp³-hybridized carbons (Fsp3) is 0.429. The zero-order valence-electron chi connectivity index (χ0n) is 7.06. The van der Waals surface area contributed by atoms with Crippen molar-refractivity contribution >= 4 is 6.41 Å². The molecular formula is C7H8F3N3O. The Balaban J connectivity index is 2.55. The van der Waals surface area contributed by atoms with Gasteiger partial charge in [-0.1, -0.05) is 0 Å². The first-order valence-electron chi connectivity index (χ1n) is 3.82. The van der Waals surface area contributed by atoms with Crippen molar-refractivity contribution in [2.75, 3.05) is 6.54 Å². The van der Waals surface area contributed by atoms with Crippen LogP contribution < -0.4 is 5.32 Å². The lowest BCUT2D eigenvalue weighted by atomic mass is 10.3. The van der Waals surface area contributed by atoms with Crippen molar-refractivity contribution < 1.29 is 18.0 Å². The van der Waals surface area contributed by atoms with Crippen molar-refractivity contribution in [2.45, 2.75) is 12.6 Å². The van der Waals surface area contributed by atoms with Gasteiger partial charge in [0.05, 0.1) is 0 Å². The molecule has 0 radical (unpaired) electrons. The van der Waals surface area contributed by atoms with Gasteiger partial charge < -0.3 is 10.3 Å². The fourth-order valence-corrected chi connectivity index (χ4v) is 0.896. The number of nitrogens with zero attached hydrogens (tertiary/aromatic N) is 1. The maximum Gasteiger partial charge on any atom is 0.449 e. The van der Waals surface area contributed by atoms with E-state index >= 15 is 0 Å². The van der Waals surface area contributed by atoms with Crippen LogP contribution in [0.3, 0.4) is 0 Å². The Bertz CT molecular complexity index is 307. The Labute approximate surface area is 77.5 Å². The summed E-state index contributed by atoms with van der Waals surface area (Å²) in [4.78, 5) is 15.1. The predicted molar refractivity (Wildman–Crippen MR) is 41.4 cm³/mol. The lowest BCUT2D eigenvalue weighted by Gasteiger charge is -2.00. The first-order valence-corrected chi connectivity index (χ1v) is 3.82. The Morgan fingerprint density at radius 2 is 2.29 bits per heavy atom. The monoisotopic (exact) mass is 207 g/mol. The van der Waals surface area contributed by atoms with E-state index in [0.717, 1.165) is 6.20 Å². The number of carbonyl (C=O) groups excluding carboxylic acids is 1. The van der Waals surface area contributed by atoms with Gasteiger partial charge in [-0.2, -0.15) is 13.2 Å². The predicted octanol–water partition coefficient (Wildman–Crippen LogP) is 0.717. The standard InChI is InChI=1S/C7H8F3N3O/c8-7(9,10)6-12-3-5(13-6)1-2-11-4-14/h3-4H,1-2H2,(H,11,14)(H,12,13). The molecule has 0 aliphatic heterocycles. The number of hydrogen-bond donors (Lipinski definition) is 2. The van der Waals surface area contributed by atoms with Crippen LogP contribution in [0.2, 0.25) is 0 Å². The van der Waals surface area contributed by atoms with Crippen molar-refractivity contribution in [1.29, 1.82) is 0 Å². The van der Waals surface area contributed by atoms with Crippen molar-refractivity contribution in [3.63, 3.8) is 0 Å². The molecule has 0 aliphatic rings. The van der Waals surface area contributed by atoms with Crippen LogP contribution in [0.5, 0.6) is 0 Å². The first kappa shape index (κ1) is 10.6. The smallest absolute Gasteiger partial charge is 0.358 e. The second kappa shape index (κ2) is 4.12. The topological polar surface area (TPSA) is 57.8 Å². The summed E-state index contributed by atoms with van der Waals surface area (Å²) < 4.78 is 36.1. The van der Waals surface area contributed by atoms with E-state index in [9.17, 15) is 18.0 Å². The summed E-state index contributed by atoms with van der Waals surface area (Å²) in [6.45, 7) is 0.281. The molecule has 0 unspecified atom stereocenters. The van der Waals surface area contributed by atoms with Crippen LogP contribution in [0.1, 0.15) is 11.5 Å². The van der Waals surface area contributed by atoms with Crippen molar-refractivity contribution in [3.05, 3.63) is 17.7 Å². The molecule has 0 aliphatic carbocycles. The summed E-state index contributed by atoms with van der Waals surface area (Å²) in [7, 11) is 0. The molecule has 78 valence electrons. The molecule has 1 aromatic rings. The van der Waals surface area contributed by atoms with Gasteiger partial charge in [-0.25, -0.2) is 4.98 Å². The van der Waals surface area contributed by atoms with Gasteiger partial charge in [-0.3, -0.25) is 4.79 Å². The molecule has 0 spiro atoms. The zero-order chi connectivity index (χ0) is 10.6. The number of aromatic amines is 1.